The van der Waals surface area contributed by atoms with Gasteiger partial charge in [-0.3, -0.25) is 0 Å². The SMILES string of the molecule is CC1CC2CNCC2N1C(=O)Nc1ccc(F)cc1F. The summed E-state index contributed by atoms with van der Waals surface area (Å²) in [6.45, 7) is 3.69. The van der Waals surface area contributed by atoms with Crippen LogP contribution in [0.2, 0.25) is 0 Å². The first-order valence-electron chi connectivity index (χ1n) is 6.81. The highest BCUT2D eigenvalue weighted by Gasteiger charge is 2.44. The summed E-state index contributed by atoms with van der Waals surface area (Å²) in [4.78, 5) is 14.1. The highest BCUT2D eigenvalue weighted by atomic mass is 19.1. The van der Waals surface area contributed by atoms with Crippen molar-refractivity contribution < 1.29 is 13.6 Å². The third-order valence-electron chi connectivity index (χ3n) is 4.19. The van der Waals surface area contributed by atoms with Crippen LogP contribution in [0.4, 0.5) is 19.3 Å². The van der Waals surface area contributed by atoms with Gasteiger partial charge in [0.15, 0.2) is 0 Å². The van der Waals surface area contributed by atoms with Crippen LogP contribution in [-0.2, 0) is 0 Å². The van der Waals surface area contributed by atoms with Crippen molar-refractivity contribution in [1.82, 2.24) is 10.2 Å². The van der Waals surface area contributed by atoms with Crippen LogP contribution in [-0.4, -0.2) is 36.1 Å². The first-order valence-corrected chi connectivity index (χ1v) is 6.81. The predicted octanol–water partition coefficient (Wildman–Crippen LogP) is 2.18. The molecule has 2 aliphatic heterocycles. The first-order chi connectivity index (χ1) is 9.56. The van der Waals surface area contributed by atoms with Gasteiger partial charge in [-0.2, -0.15) is 0 Å². The van der Waals surface area contributed by atoms with E-state index in [2.05, 4.69) is 10.6 Å². The molecule has 3 atom stereocenters. The zero-order valence-corrected chi connectivity index (χ0v) is 11.2. The first kappa shape index (κ1) is 13.3. The van der Waals surface area contributed by atoms with Gasteiger partial charge in [0.25, 0.3) is 0 Å². The fourth-order valence-electron chi connectivity index (χ4n) is 3.29. The standard InChI is InChI=1S/C14H17F2N3O/c1-8-4-9-6-17-7-13(9)19(8)14(20)18-12-3-2-10(15)5-11(12)16/h2-3,5,8-9,13,17H,4,6-7H2,1H3,(H,18,20). The number of hydrogen-bond acceptors (Lipinski definition) is 2. The monoisotopic (exact) mass is 281 g/mol. The minimum absolute atomic E-state index is 0.0120. The molecule has 0 aliphatic carbocycles. The second kappa shape index (κ2) is 5.01. The normalized spacial score (nSPS) is 28.6. The number of urea groups is 1. The van der Waals surface area contributed by atoms with Crippen molar-refractivity contribution in [2.45, 2.75) is 25.4 Å². The van der Waals surface area contributed by atoms with E-state index in [1.165, 1.54) is 6.07 Å². The summed E-state index contributed by atoms with van der Waals surface area (Å²) in [6.07, 6.45) is 0.955. The van der Waals surface area contributed by atoms with E-state index in [9.17, 15) is 13.6 Å². The van der Waals surface area contributed by atoms with Crippen LogP contribution in [0.15, 0.2) is 18.2 Å². The van der Waals surface area contributed by atoms with Crippen molar-refractivity contribution in [2.75, 3.05) is 18.4 Å². The number of carbonyl (C=O) groups excluding carboxylic acids is 1. The Bertz CT molecular complexity index is 537. The molecule has 0 radical (unpaired) electrons. The van der Waals surface area contributed by atoms with E-state index in [-0.39, 0.29) is 23.8 Å². The zero-order valence-electron chi connectivity index (χ0n) is 11.2. The molecule has 0 bridgehead atoms. The lowest BCUT2D eigenvalue weighted by Gasteiger charge is -2.27. The lowest BCUT2D eigenvalue weighted by Crippen LogP contribution is -2.45. The summed E-state index contributed by atoms with van der Waals surface area (Å²) in [5.74, 6) is -0.949. The molecule has 20 heavy (non-hydrogen) atoms. The molecule has 2 amide bonds. The highest BCUT2D eigenvalue weighted by molar-refractivity contribution is 5.90. The number of amides is 2. The van der Waals surface area contributed by atoms with Crippen molar-refractivity contribution >= 4 is 11.7 Å². The Balaban J connectivity index is 1.75. The second-order valence-electron chi connectivity index (χ2n) is 5.53. The van der Waals surface area contributed by atoms with E-state index >= 15 is 0 Å². The second-order valence-corrected chi connectivity index (χ2v) is 5.53. The maximum Gasteiger partial charge on any atom is 0.322 e. The average molecular weight is 281 g/mol. The Kier molecular flexibility index (Phi) is 3.33. The van der Waals surface area contributed by atoms with Crippen molar-refractivity contribution in [3.05, 3.63) is 29.8 Å². The quantitative estimate of drug-likeness (QED) is 0.828. The Hall–Kier alpha value is -1.69. The number of rotatable bonds is 1. The summed E-state index contributed by atoms with van der Waals surface area (Å²) in [5.41, 5.74) is 0.0120. The summed E-state index contributed by atoms with van der Waals surface area (Å²) < 4.78 is 26.4. The van der Waals surface area contributed by atoms with Crippen LogP contribution in [0.1, 0.15) is 13.3 Å². The van der Waals surface area contributed by atoms with Crippen molar-refractivity contribution in [3.63, 3.8) is 0 Å². The van der Waals surface area contributed by atoms with Crippen LogP contribution in [0.5, 0.6) is 0 Å². The van der Waals surface area contributed by atoms with Crippen molar-refractivity contribution in [1.29, 1.82) is 0 Å². The molecule has 3 rings (SSSR count). The molecule has 3 unspecified atom stereocenters. The van der Waals surface area contributed by atoms with E-state index in [1.807, 2.05) is 6.92 Å². The number of anilines is 1. The molecule has 2 saturated heterocycles. The summed E-state index contributed by atoms with van der Waals surface area (Å²) in [7, 11) is 0. The van der Waals surface area contributed by atoms with Crippen LogP contribution >= 0.6 is 0 Å². The van der Waals surface area contributed by atoms with Crippen molar-refractivity contribution in [3.8, 4) is 0 Å². The molecule has 1 aromatic rings. The molecule has 1 aromatic carbocycles. The van der Waals surface area contributed by atoms with Gasteiger partial charge in [-0.05, 0) is 31.4 Å². The van der Waals surface area contributed by atoms with Gasteiger partial charge in [-0.25, -0.2) is 13.6 Å². The molecule has 2 heterocycles. The zero-order chi connectivity index (χ0) is 14.3. The molecule has 0 spiro atoms. The number of nitrogens with one attached hydrogen (secondary N) is 2. The number of carbonyl (C=O) groups is 1. The number of benzene rings is 1. The molecule has 0 aromatic heterocycles. The Morgan fingerprint density at radius 3 is 2.95 bits per heavy atom. The number of nitrogens with zero attached hydrogens (tertiary/aromatic N) is 1. The molecule has 2 aliphatic rings. The average Bonchev–Trinajstić information content (AvgIpc) is 2.92. The fourth-order valence-corrected chi connectivity index (χ4v) is 3.29. The van der Waals surface area contributed by atoms with Crippen LogP contribution in [0.25, 0.3) is 0 Å². The van der Waals surface area contributed by atoms with Gasteiger partial charge >= 0.3 is 6.03 Å². The molecule has 2 N–H and O–H groups in total. The third-order valence-corrected chi connectivity index (χ3v) is 4.19. The minimum Gasteiger partial charge on any atom is -0.317 e. The van der Waals surface area contributed by atoms with Crippen LogP contribution < -0.4 is 10.6 Å². The van der Waals surface area contributed by atoms with Crippen LogP contribution in [0, 0.1) is 17.6 Å². The predicted molar refractivity (Wildman–Crippen MR) is 71.4 cm³/mol. The number of likely N-dealkylation sites (tertiary alicyclic amines) is 1. The number of halogens is 2. The lowest BCUT2D eigenvalue weighted by molar-refractivity contribution is 0.190. The molecule has 4 nitrogen and oxygen atoms in total. The van der Waals surface area contributed by atoms with Gasteiger partial charge in [0.2, 0.25) is 0 Å². The molecular formula is C14H17F2N3O. The Labute approximate surface area is 116 Å². The minimum atomic E-state index is -0.758. The molecular weight excluding hydrogens is 264 g/mol. The van der Waals surface area contributed by atoms with E-state index < -0.39 is 11.6 Å². The van der Waals surface area contributed by atoms with Gasteiger partial charge in [-0.15, -0.1) is 0 Å². The van der Waals surface area contributed by atoms with Gasteiger partial charge in [0, 0.05) is 25.2 Å². The van der Waals surface area contributed by atoms with Crippen LogP contribution in [0.3, 0.4) is 0 Å². The summed E-state index contributed by atoms with van der Waals surface area (Å²) in [6, 6.07) is 3.12. The maximum atomic E-state index is 13.6. The molecule has 108 valence electrons. The summed E-state index contributed by atoms with van der Waals surface area (Å²) in [5, 5.41) is 5.81. The van der Waals surface area contributed by atoms with E-state index in [4.69, 9.17) is 0 Å². The van der Waals surface area contributed by atoms with Gasteiger partial charge in [0.1, 0.15) is 11.6 Å². The largest absolute Gasteiger partial charge is 0.322 e. The smallest absolute Gasteiger partial charge is 0.317 e. The Morgan fingerprint density at radius 2 is 2.20 bits per heavy atom. The molecule has 0 saturated carbocycles. The summed E-state index contributed by atoms with van der Waals surface area (Å²) >= 11 is 0. The topological polar surface area (TPSA) is 44.4 Å². The van der Waals surface area contributed by atoms with E-state index in [1.54, 1.807) is 4.90 Å². The van der Waals surface area contributed by atoms with Gasteiger partial charge in [0.05, 0.1) is 11.7 Å². The lowest BCUT2D eigenvalue weighted by atomic mass is 10.0. The highest BCUT2D eigenvalue weighted by Crippen LogP contribution is 2.32. The van der Waals surface area contributed by atoms with Crippen molar-refractivity contribution in [2.24, 2.45) is 5.92 Å². The Morgan fingerprint density at radius 1 is 1.40 bits per heavy atom. The third kappa shape index (κ3) is 2.24. The van der Waals surface area contributed by atoms with E-state index in [0.717, 1.165) is 31.6 Å². The van der Waals surface area contributed by atoms with Gasteiger partial charge in [-0.1, -0.05) is 0 Å². The fraction of sp³-hybridized carbons (Fsp3) is 0.500. The van der Waals surface area contributed by atoms with E-state index in [0.29, 0.717) is 5.92 Å². The molecule has 2 fully saturated rings. The maximum absolute atomic E-state index is 13.6. The number of hydrogen-bond donors (Lipinski definition) is 2. The number of fused-ring (bicyclic) bond motifs is 1. The molecule has 6 heteroatoms. The van der Waals surface area contributed by atoms with Gasteiger partial charge < -0.3 is 15.5 Å².